The summed E-state index contributed by atoms with van der Waals surface area (Å²) in [7, 11) is 0. The second-order valence-corrected chi connectivity index (χ2v) is 9.13. The van der Waals surface area contributed by atoms with Gasteiger partial charge in [0.25, 0.3) is 5.91 Å². The normalized spacial score (nSPS) is 20.9. The molecule has 0 unspecified atom stereocenters. The molecule has 0 bridgehead atoms. The van der Waals surface area contributed by atoms with Crippen molar-refractivity contribution >= 4 is 11.6 Å². The van der Waals surface area contributed by atoms with Crippen LogP contribution in [0.2, 0.25) is 0 Å². The Morgan fingerprint density at radius 2 is 1.97 bits per heavy atom. The molecule has 1 saturated carbocycles. The van der Waals surface area contributed by atoms with Gasteiger partial charge in [0.05, 0.1) is 18.8 Å². The molecule has 0 atom stereocenters. The van der Waals surface area contributed by atoms with Crippen molar-refractivity contribution in [2.75, 3.05) is 50.8 Å². The molecular formula is C25H29N3O3. The summed E-state index contributed by atoms with van der Waals surface area (Å²) in [6.07, 6.45) is 4.12. The van der Waals surface area contributed by atoms with E-state index in [-0.39, 0.29) is 11.4 Å². The van der Waals surface area contributed by atoms with E-state index in [1.54, 1.807) is 0 Å². The molecule has 2 aromatic rings. The molecule has 1 amide bonds. The van der Waals surface area contributed by atoms with Crippen LogP contribution in [0.25, 0.3) is 0 Å². The molecule has 0 aromatic heterocycles. The van der Waals surface area contributed by atoms with Crippen molar-refractivity contribution in [3.8, 4) is 11.5 Å². The van der Waals surface area contributed by atoms with Gasteiger partial charge in [-0.25, -0.2) is 0 Å². The molecule has 3 aliphatic heterocycles. The molecule has 6 rings (SSSR count). The predicted octanol–water partition coefficient (Wildman–Crippen LogP) is 2.95. The SMILES string of the molecule is O=C1NC2(CC2)c2ccc(OCCCN3CCN(c4cccc5c4CCO5)CC3)cc21. The fourth-order valence-electron chi connectivity index (χ4n) is 5.28. The summed E-state index contributed by atoms with van der Waals surface area (Å²) in [6.45, 7) is 6.78. The Morgan fingerprint density at radius 3 is 2.81 bits per heavy atom. The van der Waals surface area contributed by atoms with E-state index in [9.17, 15) is 4.79 Å². The van der Waals surface area contributed by atoms with Crippen LogP contribution in [0, 0.1) is 0 Å². The molecule has 1 N–H and O–H groups in total. The van der Waals surface area contributed by atoms with Gasteiger partial charge in [-0.1, -0.05) is 12.1 Å². The average molecular weight is 420 g/mol. The Hall–Kier alpha value is -2.73. The summed E-state index contributed by atoms with van der Waals surface area (Å²) in [4.78, 5) is 17.2. The highest BCUT2D eigenvalue weighted by Gasteiger charge is 2.52. The van der Waals surface area contributed by atoms with Crippen LogP contribution in [-0.4, -0.2) is 56.7 Å². The summed E-state index contributed by atoms with van der Waals surface area (Å²) in [6, 6.07) is 12.4. The van der Waals surface area contributed by atoms with Crippen molar-refractivity contribution in [2.45, 2.75) is 31.2 Å². The van der Waals surface area contributed by atoms with Crippen LogP contribution in [0.3, 0.4) is 0 Å². The highest BCUT2D eigenvalue weighted by molar-refractivity contribution is 6.01. The summed E-state index contributed by atoms with van der Waals surface area (Å²) in [5, 5.41) is 3.12. The third kappa shape index (κ3) is 3.43. The van der Waals surface area contributed by atoms with Gasteiger partial charge in [0.1, 0.15) is 11.5 Å². The number of amides is 1. The average Bonchev–Trinajstić information content (AvgIpc) is 3.30. The van der Waals surface area contributed by atoms with Gasteiger partial charge >= 0.3 is 0 Å². The van der Waals surface area contributed by atoms with E-state index in [4.69, 9.17) is 9.47 Å². The molecule has 162 valence electrons. The lowest BCUT2D eigenvalue weighted by molar-refractivity contribution is 0.0952. The lowest BCUT2D eigenvalue weighted by Gasteiger charge is -2.36. The minimum absolute atomic E-state index is 0.0476. The van der Waals surface area contributed by atoms with E-state index in [2.05, 4.69) is 39.4 Å². The van der Waals surface area contributed by atoms with Gasteiger partial charge in [-0.05, 0) is 49.1 Å². The quantitative estimate of drug-likeness (QED) is 0.730. The number of rotatable bonds is 6. The highest BCUT2D eigenvalue weighted by atomic mass is 16.5. The maximum Gasteiger partial charge on any atom is 0.252 e. The maximum atomic E-state index is 12.2. The van der Waals surface area contributed by atoms with Crippen molar-refractivity contribution in [3.63, 3.8) is 0 Å². The van der Waals surface area contributed by atoms with Crippen molar-refractivity contribution in [3.05, 3.63) is 53.1 Å². The molecule has 6 heteroatoms. The largest absolute Gasteiger partial charge is 0.494 e. The Balaban J connectivity index is 0.974. The number of hydrogen-bond donors (Lipinski definition) is 1. The van der Waals surface area contributed by atoms with Crippen molar-refractivity contribution < 1.29 is 14.3 Å². The molecule has 2 aromatic carbocycles. The number of piperazine rings is 1. The Labute approximate surface area is 183 Å². The maximum absolute atomic E-state index is 12.2. The van der Waals surface area contributed by atoms with E-state index in [0.717, 1.165) is 87.6 Å². The fourth-order valence-corrected chi connectivity index (χ4v) is 5.28. The van der Waals surface area contributed by atoms with E-state index in [0.29, 0.717) is 6.61 Å². The van der Waals surface area contributed by atoms with E-state index >= 15 is 0 Å². The first-order valence-corrected chi connectivity index (χ1v) is 11.5. The van der Waals surface area contributed by atoms with Gasteiger partial charge in [0, 0.05) is 56.0 Å². The summed E-state index contributed by atoms with van der Waals surface area (Å²) in [5.41, 5.74) is 4.62. The van der Waals surface area contributed by atoms with Gasteiger partial charge in [-0.3, -0.25) is 9.69 Å². The van der Waals surface area contributed by atoms with Gasteiger partial charge in [0.15, 0.2) is 0 Å². The molecule has 6 nitrogen and oxygen atoms in total. The second kappa shape index (κ2) is 7.45. The second-order valence-electron chi connectivity index (χ2n) is 9.13. The van der Waals surface area contributed by atoms with Crippen LogP contribution in [0.15, 0.2) is 36.4 Å². The van der Waals surface area contributed by atoms with Crippen LogP contribution in [0.4, 0.5) is 5.69 Å². The van der Waals surface area contributed by atoms with E-state index in [1.807, 2.05) is 12.1 Å². The van der Waals surface area contributed by atoms with E-state index < -0.39 is 0 Å². The topological polar surface area (TPSA) is 54.0 Å². The fraction of sp³-hybridized carbons (Fsp3) is 0.480. The predicted molar refractivity (Wildman–Crippen MR) is 119 cm³/mol. The van der Waals surface area contributed by atoms with Crippen LogP contribution in [0.1, 0.15) is 40.7 Å². The van der Waals surface area contributed by atoms with Crippen LogP contribution < -0.4 is 19.7 Å². The zero-order valence-electron chi connectivity index (χ0n) is 17.9. The zero-order chi connectivity index (χ0) is 20.8. The Morgan fingerprint density at radius 1 is 1.10 bits per heavy atom. The number of nitrogens with one attached hydrogen (secondary N) is 1. The van der Waals surface area contributed by atoms with Gasteiger partial charge in [0.2, 0.25) is 0 Å². The molecule has 1 aliphatic carbocycles. The molecular weight excluding hydrogens is 390 g/mol. The number of hydrogen-bond acceptors (Lipinski definition) is 5. The zero-order valence-corrected chi connectivity index (χ0v) is 17.9. The number of anilines is 1. The number of nitrogens with zero attached hydrogens (tertiary/aromatic N) is 2. The minimum atomic E-state index is -0.0556. The summed E-state index contributed by atoms with van der Waals surface area (Å²) < 4.78 is 11.7. The molecule has 31 heavy (non-hydrogen) atoms. The highest BCUT2D eigenvalue weighted by Crippen LogP contribution is 2.50. The molecule has 0 radical (unpaired) electrons. The third-order valence-corrected chi connectivity index (χ3v) is 7.17. The lowest BCUT2D eigenvalue weighted by Crippen LogP contribution is -2.47. The lowest BCUT2D eigenvalue weighted by atomic mass is 10.0. The first-order valence-electron chi connectivity index (χ1n) is 11.5. The monoisotopic (exact) mass is 419 g/mol. The number of benzene rings is 2. The van der Waals surface area contributed by atoms with Crippen molar-refractivity contribution in [1.29, 1.82) is 0 Å². The van der Waals surface area contributed by atoms with Crippen molar-refractivity contribution in [2.24, 2.45) is 0 Å². The number of carbonyl (C=O) groups excluding carboxylic acids is 1. The van der Waals surface area contributed by atoms with Crippen molar-refractivity contribution in [1.82, 2.24) is 10.2 Å². The molecule has 2 fully saturated rings. The van der Waals surface area contributed by atoms with Gasteiger partial charge < -0.3 is 19.7 Å². The first kappa shape index (κ1) is 19.0. The number of carbonyl (C=O) groups is 1. The van der Waals surface area contributed by atoms with Gasteiger partial charge in [-0.15, -0.1) is 0 Å². The standard InChI is InChI=1S/C25H29N3O3/c29-24-20-17-18(5-6-21(20)25(26-24)8-9-25)30-15-2-10-27-11-13-28(14-12-27)22-3-1-4-23-19(22)7-16-31-23/h1,3-6,17H,2,7-16H2,(H,26,29). The molecule has 1 spiro atoms. The van der Waals surface area contributed by atoms with Crippen LogP contribution in [0.5, 0.6) is 11.5 Å². The molecule has 3 heterocycles. The number of ether oxygens (including phenoxy) is 2. The Bertz CT molecular complexity index is 1010. The van der Waals surface area contributed by atoms with Crippen LogP contribution >= 0.6 is 0 Å². The third-order valence-electron chi connectivity index (χ3n) is 7.17. The van der Waals surface area contributed by atoms with Crippen LogP contribution in [-0.2, 0) is 12.0 Å². The molecule has 1 saturated heterocycles. The smallest absolute Gasteiger partial charge is 0.252 e. The summed E-state index contributed by atoms with van der Waals surface area (Å²) >= 11 is 0. The number of fused-ring (bicyclic) bond motifs is 3. The van der Waals surface area contributed by atoms with E-state index in [1.165, 1.54) is 11.3 Å². The van der Waals surface area contributed by atoms with Gasteiger partial charge in [-0.2, -0.15) is 0 Å². The minimum Gasteiger partial charge on any atom is -0.494 e. The summed E-state index contributed by atoms with van der Waals surface area (Å²) in [5.74, 6) is 1.91. The first-order chi connectivity index (χ1) is 15.2. The Kier molecular flexibility index (Phi) is 4.56. The molecule has 4 aliphatic rings.